The van der Waals surface area contributed by atoms with Gasteiger partial charge in [0.15, 0.2) is 11.5 Å². The van der Waals surface area contributed by atoms with Crippen LogP contribution in [0.15, 0.2) is 12.1 Å². The first kappa shape index (κ1) is 7.21. The molecule has 66 valence electrons. The Morgan fingerprint density at radius 3 is 3.00 bits per heavy atom. The van der Waals surface area contributed by atoms with E-state index >= 15 is 0 Å². The molecule has 0 aliphatic carbocycles. The summed E-state index contributed by atoms with van der Waals surface area (Å²) < 4.78 is 10.6. The van der Waals surface area contributed by atoms with Crippen molar-refractivity contribution in [2.24, 2.45) is 0 Å². The van der Waals surface area contributed by atoms with Gasteiger partial charge in [-0.25, -0.2) is 0 Å². The van der Waals surface area contributed by atoms with Crippen molar-refractivity contribution in [1.29, 1.82) is 0 Å². The predicted octanol–water partition coefficient (Wildman–Crippen LogP) is 0.948. The number of rotatable bonds is 0. The van der Waals surface area contributed by atoms with E-state index < -0.39 is 0 Å². The van der Waals surface area contributed by atoms with E-state index in [-0.39, 0.29) is 0 Å². The second-order valence-corrected chi connectivity index (χ2v) is 3.16. The van der Waals surface area contributed by atoms with Crippen molar-refractivity contribution in [2.45, 2.75) is 6.42 Å². The van der Waals surface area contributed by atoms with Crippen molar-refractivity contribution in [3.63, 3.8) is 0 Å². The third kappa shape index (κ3) is 1.08. The van der Waals surface area contributed by atoms with Crippen LogP contribution in [0.4, 0.5) is 0 Å². The summed E-state index contributed by atoms with van der Waals surface area (Å²) in [5.41, 5.74) is 2.37. The average molecular weight is 175 g/mol. The molecule has 0 spiro atoms. The number of ether oxygens (including phenoxy) is 2. The van der Waals surface area contributed by atoms with Crippen LogP contribution < -0.4 is 14.8 Å². The van der Waals surface area contributed by atoms with Gasteiger partial charge in [0.05, 0.1) is 6.54 Å². The molecule has 2 radical (unpaired) electrons. The Labute approximate surface area is 76.7 Å². The molecule has 2 aliphatic rings. The molecule has 3 rings (SSSR count). The van der Waals surface area contributed by atoms with Crippen LogP contribution in [-0.2, 0) is 6.42 Å². The van der Waals surface area contributed by atoms with Crippen molar-refractivity contribution in [2.75, 3.05) is 13.3 Å². The molecule has 0 fully saturated rings. The Balaban J connectivity index is 2.11. The average Bonchev–Trinajstić information content (AvgIpc) is 2.61. The topological polar surface area (TPSA) is 30.5 Å². The molecule has 1 N–H and O–H groups in total. The number of benzene rings is 1. The van der Waals surface area contributed by atoms with Crippen molar-refractivity contribution < 1.29 is 9.47 Å². The summed E-state index contributed by atoms with van der Waals surface area (Å²) in [6, 6.07) is 4.02. The standard InChI is InChI=1S/C10H9NO2/c1-2-11-5-8-4-10-9(3-7(1)8)12-6-13-10/h3-4,11H,1-2,6H2. The maximum atomic E-state index is 5.29. The number of nitrogens with one attached hydrogen (secondary N) is 1. The Morgan fingerprint density at radius 1 is 1.23 bits per heavy atom. The molecule has 3 heteroatoms. The van der Waals surface area contributed by atoms with Gasteiger partial charge in [-0.1, -0.05) is 0 Å². The highest BCUT2D eigenvalue weighted by molar-refractivity contribution is 5.51. The van der Waals surface area contributed by atoms with Gasteiger partial charge in [0, 0.05) is 6.54 Å². The van der Waals surface area contributed by atoms with E-state index in [0.29, 0.717) is 6.79 Å². The molecule has 0 bridgehead atoms. The van der Waals surface area contributed by atoms with Crippen LogP contribution in [0, 0.1) is 6.54 Å². The number of fused-ring (bicyclic) bond motifs is 2. The monoisotopic (exact) mass is 175 g/mol. The molecular weight excluding hydrogens is 166 g/mol. The van der Waals surface area contributed by atoms with E-state index in [4.69, 9.17) is 9.47 Å². The zero-order valence-corrected chi connectivity index (χ0v) is 7.09. The zero-order chi connectivity index (χ0) is 8.67. The minimum absolute atomic E-state index is 0.339. The van der Waals surface area contributed by atoms with Gasteiger partial charge < -0.3 is 14.8 Å². The van der Waals surface area contributed by atoms with Crippen LogP contribution in [0.25, 0.3) is 0 Å². The minimum Gasteiger partial charge on any atom is -0.454 e. The summed E-state index contributed by atoms with van der Waals surface area (Å²) in [4.78, 5) is 0. The Morgan fingerprint density at radius 2 is 2.08 bits per heavy atom. The van der Waals surface area contributed by atoms with Crippen molar-refractivity contribution in [3.8, 4) is 11.5 Å². The van der Waals surface area contributed by atoms with Gasteiger partial charge in [-0.3, -0.25) is 0 Å². The number of hydrogen-bond donors (Lipinski definition) is 1. The van der Waals surface area contributed by atoms with E-state index in [1.54, 1.807) is 0 Å². The second-order valence-electron chi connectivity index (χ2n) is 3.16. The first-order chi connectivity index (χ1) is 6.43. The van der Waals surface area contributed by atoms with Gasteiger partial charge in [0.25, 0.3) is 0 Å². The van der Waals surface area contributed by atoms with E-state index in [2.05, 4.69) is 11.9 Å². The molecule has 0 saturated carbocycles. The molecule has 0 atom stereocenters. The molecule has 0 aromatic heterocycles. The van der Waals surface area contributed by atoms with E-state index in [9.17, 15) is 0 Å². The van der Waals surface area contributed by atoms with Gasteiger partial charge in [-0.15, -0.1) is 0 Å². The first-order valence-electron chi connectivity index (χ1n) is 4.35. The van der Waals surface area contributed by atoms with E-state index in [0.717, 1.165) is 30.0 Å². The molecule has 1 aromatic rings. The van der Waals surface area contributed by atoms with Gasteiger partial charge in [0.2, 0.25) is 6.79 Å². The largest absolute Gasteiger partial charge is 0.454 e. The smallest absolute Gasteiger partial charge is 0.231 e. The van der Waals surface area contributed by atoms with Gasteiger partial charge >= 0.3 is 0 Å². The fourth-order valence-corrected chi connectivity index (χ4v) is 1.66. The van der Waals surface area contributed by atoms with Crippen LogP contribution in [0.1, 0.15) is 11.1 Å². The lowest BCUT2D eigenvalue weighted by Crippen LogP contribution is -2.21. The maximum Gasteiger partial charge on any atom is 0.231 e. The molecule has 1 aromatic carbocycles. The zero-order valence-electron chi connectivity index (χ0n) is 7.09. The fraction of sp³-hybridized carbons (Fsp3) is 0.300. The van der Waals surface area contributed by atoms with Gasteiger partial charge in [-0.2, -0.15) is 0 Å². The highest BCUT2D eigenvalue weighted by Gasteiger charge is 2.18. The minimum atomic E-state index is 0.339. The third-order valence-electron chi connectivity index (χ3n) is 2.34. The Kier molecular flexibility index (Phi) is 1.46. The SMILES string of the molecule is [C]1NCCc2cc3c(cc21)OCO3. The second kappa shape index (κ2) is 2.64. The quantitative estimate of drug-likeness (QED) is 0.636. The summed E-state index contributed by atoms with van der Waals surface area (Å²) in [7, 11) is 0. The first-order valence-corrected chi connectivity index (χ1v) is 4.35. The molecule has 13 heavy (non-hydrogen) atoms. The summed E-state index contributed by atoms with van der Waals surface area (Å²) in [5, 5.41) is 3.09. The molecule has 0 saturated heterocycles. The summed E-state index contributed by atoms with van der Waals surface area (Å²) in [6.45, 7) is 4.40. The van der Waals surface area contributed by atoms with Crippen molar-refractivity contribution >= 4 is 0 Å². The highest BCUT2D eigenvalue weighted by Crippen LogP contribution is 2.35. The fourth-order valence-electron chi connectivity index (χ4n) is 1.66. The van der Waals surface area contributed by atoms with Crippen LogP contribution in [0.5, 0.6) is 11.5 Å². The Hall–Kier alpha value is -1.22. The lowest BCUT2D eigenvalue weighted by molar-refractivity contribution is 0.174. The summed E-state index contributed by atoms with van der Waals surface area (Å²) >= 11 is 0. The summed E-state index contributed by atoms with van der Waals surface area (Å²) in [5.74, 6) is 1.69. The maximum absolute atomic E-state index is 5.29. The third-order valence-corrected chi connectivity index (χ3v) is 2.34. The normalized spacial score (nSPS) is 18.5. The van der Waals surface area contributed by atoms with Crippen LogP contribution in [-0.4, -0.2) is 13.3 Å². The molecule has 2 heterocycles. The van der Waals surface area contributed by atoms with E-state index in [1.165, 1.54) is 5.56 Å². The van der Waals surface area contributed by atoms with Gasteiger partial charge in [0.1, 0.15) is 0 Å². The van der Waals surface area contributed by atoms with Crippen molar-refractivity contribution in [3.05, 3.63) is 29.8 Å². The number of hydrogen-bond acceptors (Lipinski definition) is 3. The molecule has 0 unspecified atom stereocenters. The molecular formula is C10H9NO2. The lowest BCUT2D eigenvalue weighted by atomic mass is 10.0. The highest BCUT2D eigenvalue weighted by atomic mass is 16.7. The molecule has 2 aliphatic heterocycles. The van der Waals surface area contributed by atoms with Crippen LogP contribution >= 0.6 is 0 Å². The lowest BCUT2D eigenvalue weighted by Gasteiger charge is -2.15. The van der Waals surface area contributed by atoms with Crippen molar-refractivity contribution in [1.82, 2.24) is 5.32 Å². The summed E-state index contributed by atoms with van der Waals surface area (Å²) in [6.07, 6.45) is 1.03. The van der Waals surface area contributed by atoms with E-state index in [1.807, 2.05) is 12.1 Å². The molecule has 0 amide bonds. The van der Waals surface area contributed by atoms with Crippen LogP contribution in [0.2, 0.25) is 0 Å². The van der Waals surface area contributed by atoms with Gasteiger partial charge in [-0.05, 0) is 29.7 Å². The molecule has 3 nitrogen and oxygen atoms in total. The van der Waals surface area contributed by atoms with Crippen LogP contribution in [0.3, 0.4) is 0 Å². The Bertz CT molecular complexity index is 316. The predicted molar refractivity (Wildman–Crippen MR) is 46.6 cm³/mol.